The summed E-state index contributed by atoms with van der Waals surface area (Å²) in [5.41, 5.74) is -0.311. The van der Waals surface area contributed by atoms with E-state index in [2.05, 4.69) is 4.98 Å². The molecule has 0 saturated carbocycles. The average Bonchev–Trinajstić information content (AvgIpc) is 2.68. The van der Waals surface area contributed by atoms with Crippen LogP contribution in [0.2, 0.25) is 0 Å². The first-order valence-electron chi connectivity index (χ1n) is 8.27. The number of halogens is 3. The lowest BCUT2D eigenvalue weighted by atomic mass is 10.1. The summed E-state index contributed by atoms with van der Waals surface area (Å²) in [7, 11) is 0. The highest BCUT2D eigenvalue weighted by Crippen LogP contribution is 2.26. The summed E-state index contributed by atoms with van der Waals surface area (Å²) in [5.74, 6) is -2.92. The van der Waals surface area contributed by atoms with Crippen LogP contribution in [0.3, 0.4) is 0 Å². The van der Waals surface area contributed by atoms with E-state index in [1.54, 1.807) is 18.2 Å². The molecule has 0 atom stereocenters. The van der Waals surface area contributed by atoms with Crippen molar-refractivity contribution >= 4 is 5.65 Å². The van der Waals surface area contributed by atoms with Crippen molar-refractivity contribution in [2.24, 2.45) is 0 Å². The second kappa shape index (κ2) is 6.80. The van der Waals surface area contributed by atoms with Crippen LogP contribution in [-0.2, 0) is 6.54 Å². The van der Waals surface area contributed by atoms with Gasteiger partial charge in [-0.1, -0.05) is 6.07 Å². The Labute approximate surface area is 156 Å². The molecule has 0 fully saturated rings. The van der Waals surface area contributed by atoms with Crippen LogP contribution in [0.25, 0.3) is 16.8 Å². The Bertz CT molecular complexity index is 1250. The van der Waals surface area contributed by atoms with Crippen LogP contribution in [0.1, 0.15) is 5.56 Å². The van der Waals surface area contributed by atoms with Crippen LogP contribution in [-0.4, -0.2) is 14.5 Å². The smallest absolute Gasteiger partial charge is 0.354 e. The van der Waals surface area contributed by atoms with Gasteiger partial charge in [-0.3, -0.25) is 0 Å². The molecular weight excluding hydrogens is 371 g/mol. The summed E-state index contributed by atoms with van der Waals surface area (Å²) in [4.78, 5) is 16.5. The molecule has 28 heavy (non-hydrogen) atoms. The van der Waals surface area contributed by atoms with E-state index in [9.17, 15) is 23.1 Å². The number of fused-ring (bicyclic) bond motifs is 1. The summed E-state index contributed by atoms with van der Waals surface area (Å²) < 4.78 is 43.3. The standard InChI is InChI=1S/C20H12F3N3O2/c21-13-5-6-14(15(22)9-13)18-19(27)25-8-2-1-3-17(25)26(20(18)28)11-12-4-7-16(23)24-10-12/h1-10H,11H2/p+1. The van der Waals surface area contributed by atoms with Crippen molar-refractivity contribution in [2.75, 3.05) is 0 Å². The summed E-state index contributed by atoms with van der Waals surface area (Å²) >= 11 is 0. The third kappa shape index (κ3) is 2.98. The van der Waals surface area contributed by atoms with E-state index in [0.717, 1.165) is 12.1 Å². The molecule has 0 amide bonds. The number of aromatic nitrogens is 3. The molecule has 0 saturated heterocycles. The summed E-state index contributed by atoms with van der Waals surface area (Å²) in [6.45, 7) is 0.0444. The molecule has 3 heterocycles. The lowest BCUT2D eigenvalue weighted by Gasteiger charge is -2.10. The van der Waals surface area contributed by atoms with Gasteiger partial charge in [-0.05, 0) is 30.3 Å². The topological polar surface area (TPSA) is 58.5 Å². The predicted octanol–water partition coefficient (Wildman–Crippen LogP) is 2.82. The summed E-state index contributed by atoms with van der Waals surface area (Å²) in [6, 6.07) is 10.3. The minimum atomic E-state index is -0.974. The molecule has 0 radical (unpaired) electrons. The Balaban J connectivity index is 2.01. The zero-order valence-electron chi connectivity index (χ0n) is 14.3. The van der Waals surface area contributed by atoms with Gasteiger partial charge in [0.1, 0.15) is 18.2 Å². The molecule has 8 heteroatoms. The number of rotatable bonds is 3. The van der Waals surface area contributed by atoms with E-state index in [1.165, 1.54) is 33.5 Å². The number of benzene rings is 1. The Morgan fingerprint density at radius 2 is 1.89 bits per heavy atom. The Morgan fingerprint density at radius 3 is 2.61 bits per heavy atom. The Morgan fingerprint density at radius 1 is 1.07 bits per heavy atom. The van der Waals surface area contributed by atoms with Gasteiger partial charge in [-0.25, -0.2) is 18.6 Å². The second-order valence-electron chi connectivity index (χ2n) is 6.13. The first-order valence-corrected chi connectivity index (χ1v) is 8.27. The SMILES string of the molecule is O=c1c(-c2ccc(F)cc2F)c(O)[n+](Cc2ccc(F)nc2)c2ccccn12. The van der Waals surface area contributed by atoms with Crippen LogP contribution in [0.5, 0.6) is 5.88 Å². The number of nitrogens with zero attached hydrogens (tertiary/aromatic N) is 3. The van der Waals surface area contributed by atoms with Crippen LogP contribution in [0.4, 0.5) is 13.2 Å². The highest BCUT2D eigenvalue weighted by Gasteiger charge is 2.27. The quantitative estimate of drug-likeness (QED) is 0.437. The minimum Gasteiger partial charge on any atom is -0.477 e. The van der Waals surface area contributed by atoms with Crippen molar-refractivity contribution in [1.82, 2.24) is 9.38 Å². The van der Waals surface area contributed by atoms with Gasteiger partial charge in [0.05, 0.1) is 6.20 Å². The van der Waals surface area contributed by atoms with Crippen molar-refractivity contribution < 1.29 is 22.8 Å². The maximum absolute atomic E-state index is 14.3. The van der Waals surface area contributed by atoms with E-state index in [-0.39, 0.29) is 17.7 Å². The molecule has 1 N–H and O–H groups in total. The number of hydrogen-bond acceptors (Lipinski definition) is 3. The fourth-order valence-electron chi connectivity index (χ4n) is 3.05. The number of hydrogen-bond donors (Lipinski definition) is 1. The zero-order chi connectivity index (χ0) is 19.8. The fraction of sp³-hybridized carbons (Fsp3) is 0.0500. The van der Waals surface area contributed by atoms with Crippen molar-refractivity contribution in [1.29, 1.82) is 0 Å². The van der Waals surface area contributed by atoms with E-state index in [1.807, 2.05) is 0 Å². The molecule has 5 nitrogen and oxygen atoms in total. The van der Waals surface area contributed by atoms with E-state index >= 15 is 0 Å². The Kier molecular flexibility index (Phi) is 4.31. The molecule has 3 aromatic heterocycles. The van der Waals surface area contributed by atoms with Gasteiger partial charge in [0.15, 0.2) is 5.56 Å². The van der Waals surface area contributed by atoms with Gasteiger partial charge in [0.2, 0.25) is 5.95 Å². The van der Waals surface area contributed by atoms with Crippen molar-refractivity contribution in [3.63, 3.8) is 0 Å². The lowest BCUT2D eigenvalue weighted by Crippen LogP contribution is -2.41. The monoisotopic (exact) mass is 384 g/mol. The first kappa shape index (κ1) is 17.7. The van der Waals surface area contributed by atoms with Gasteiger partial charge in [-0.2, -0.15) is 13.4 Å². The van der Waals surface area contributed by atoms with Gasteiger partial charge in [0.25, 0.3) is 11.5 Å². The molecule has 0 aliphatic carbocycles. The molecule has 4 aromatic rings. The van der Waals surface area contributed by atoms with Gasteiger partial charge >= 0.3 is 5.56 Å². The maximum Gasteiger partial charge on any atom is 0.354 e. The highest BCUT2D eigenvalue weighted by molar-refractivity contribution is 5.67. The first-order chi connectivity index (χ1) is 13.5. The molecule has 4 rings (SSSR count). The molecular formula is C20H13F3N3O2+. The summed E-state index contributed by atoms with van der Waals surface area (Å²) in [6.07, 6.45) is 2.77. The van der Waals surface area contributed by atoms with Crippen LogP contribution in [0.15, 0.2) is 65.7 Å². The van der Waals surface area contributed by atoms with Crippen molar-refractivity contribution in [2.45, 2.75) is 6.54 Å². The largest absolute Gasteiger partial charge is 0.477 e. The molecule has 0 spiro atoms. The van der Waals surface area contributed by atoms with E-state index in [0.29, 0.717) is 17.3 Å². The minimum absolute atomic E-state index is 0.0444. The molecule has 1 aromatic carbocycles. The fourth-order valence-corrected chi connectivity index (χ4v) is 3.05. The van der Waals surface area contributed by atoms with Gasteiger partial charge < -0.3 is 5.11 Å². The zero-order valence-corrected chi connectivity index (χ0v) is 14.3. The lowest BCUT2D eigenvalue weighted by molar-refractivity contribution is -0.671. The maximum atomic E-state index is 14.3. The van der Waals surface area contributed by atoms with Crippen molar-refractivity contribution in [3.05, 3.63) is 94.4 Å². The predicted molar refractivity (Wildman–Crippen MR) is 94.2 cm³/mol. The Hall–Kier alpha value is -3.68. The molecule has 0 bridgehead atoms. The molecule has 0 aliphatic heterocycles. The third-order valence-electron chi connectivity index (χ3n) is 4.36. The normalized spacial score (nSPS) is 11.1. The molecule has 0 aliphatic rings. The van der Waals surface area contributed by atoms with E-state index < -0.39 is 29.0 Å². The van der Waals surface area contributed by atoms with Gasteiger partial charge in [-0.15, -0.1) is 0 Å². The second-order valence-corrected chi connectivity index (χ2v) is 6.13. The molecule has 0 unspecified atom stereocenters. The van der Waals surface area contributed by atoms with E-state index in [4.69, 9.17) is 0 Å². The molecule has 140 valence electrons. The van der Waals surface area contributed by atoms with Crippen LogP contribution >= 0.6 is 0 Å². The van der Waals surface area contributed by atoms with Crippen LogP contribution < -0.4 is 10.1 Å². The highest BCUT2D eigenvalue weighted by atomic mass is 19.1. The van der Waals surface area contributed by atoms with Crippen LogP contribution in [0, 0.1) is 17.6 Å². The summed E-state index contributed by atoms with van der Waals surface area (Å²) in [5, 5.41) is 10.8. The van der Waals surface area contributed by atoms with Crippen molar-refractivity contribution in [3.8, 4) is 17.0 Å². The number of aromatic hydroxyl groups is 1. The average molecular weight is 384 g/mol. The van der Waals surface area contributed by atoms with Gasteiger partial charge in [0, 0.05) is 29.5 Å². The number of pyridine rings is 2. The third-order valence-corrected chi connectivity index (χ3v) is 4.36.